The Morgan fingerprint density at radius 3 is 2.54 bits per heavy atom. The number of hydrogen-bond donors (Lipinski definition) is 1. The molecule has 1 fully saturated rings. The molecule has 1 saturated heterocycles. The Kier molecular flexibility index (Phi) is 7.59. The Labute approximate surface area is 235 Å². The quantitative estimate of drug-likeness (QED) is 0.295. The molecule has 41 heavy (non-hydrogen) atoms. The van der Waals surface area contributed by atoms with Gasteiger partial charge in [-0.2, -0.15) is 0 Å². The number of methoxy groups -OCH3 is 1. The molecule has 1 N–H and O–H groups in total. The summed E-state index contributed by atoms with van der Waals surface area (Å²) in [5, 5.41) is 3.23. The van der Waals surface area contributed by atoms with Crippen LogP contribution in [-0.2, 0) is 25.5 Å². The molecule has 12 heteroatoms. The number of rotatable bonds is 9. The Bertz CT molecular complexity index is 1560. The van der Waals surface area contributed by atoms with Gasteiger partial charge >= 0.3 is 11.9 Å². The average molecular weight is 564 g/mol. The maximum absolute atomic E-state index is 16.8. The van der Waals surface area contributed by atoms with Crippen molar-refractivity contribution in [3.05, 3.63) is 78.4 Å². The fourth-order valence-corrected chi connectivity index (χ4v) is 4.95. The highest BCUT2D eigenvalue weighted by molar-refractivity contribution is 5.89. The summed E-state index contributed by atoms with van der Waals surface area (Å²) in [5.41, 5.74) is -2.19. The van der Waals surface area contributed by atoms with E-state index in [0.29, 0.717) is 34.8 Å². The number of fused-ring (bicyclic) bond motifs is 1. The third-order valence-electron chi connectivity index (χ3n) is 7.32. The van der Waals surface area contributed by atoms with Crippen LogP contribution in [0.4, 0.5) is 10.2 Å². The predicted molar refractivity (Wildman–Crippen MR) is 146 cm³/mol. The molecule has 0 unspecified atom stereocenters. The second-order valence-corrected chi connectivity index (χ2v) is 9.93. The molecule has 2 aromatic heterocycles. The smallest absolute Gasteiger partial charge is 0.338 e. The molecule has 1 aliphatic heterocycles. The van der Waals surface area contributed by atoms with Crippen LogP contribution in [0.1, 0.15) is 42.9 Å². The minimum Gasteiger partial charge on any atom is -0.496 e. The molecule has 5 rings (SSSR count). The maximum Gasteiger partial charge on any atom is 0.338 e. The number of anilines is 1. The fourth-order valence-electron chi connectivity index (χ4n) is 4.95. The van der Waals surface area contributed by atoms with E-state index >= 15 is 4.39 Å². The molecule has 3 heterocycles. The first-order chi connectivity index (χ1) is 19.7. The molecule has 0 spiro atoms. The van der Waals surface area contributed by atoms with Crippen LogP contribution in [0, 0.1) is 0 Å². The van der Waals surface area contributed by atoms with Crippen LogP contribution in [0.15, 0.2) is 67.3 Å². The summed E-state index contributed by atoms with van der Waals surface area (Å²) in [5.74, 6) is -0.183. The molecule has 0 bridgehead atoms. The normalized spacial score (nSPS) is 23.7. The highest BCUT2D eigenvalue weighted by Crippen LogP contribution is 2.51. The van der Waals surface area contributed by atoms with E-state index in [1.807, 2.05) is 24.3 Å². The van der Waals surface area contributed by atoms with E-state index in [0.717, 1.165) is 5.56 Å². The summed E-state index contributed by atoms with van der Waals surface area (Å²) in [6, 6.07) is 15.9. The SMILES string of the molecule is COc1ccccc1CNc1ncnc2c1ncn2[C@@H]1O[C@H](COC(=O)c2ccccc2)[C@](C)(OC(C)=O)[C@@]1(C)F. The van der Waals surface area contributed by atoms with Crippen LogP contribution in [0.5, 0.6) is 5.75 Å². The molecule has 1 aliphatic rings. The topological polar surface area (TPSA) is 127 Å². The molecule has 11 nitrogen and oxygen atoms in total. The number of benzene rings is 2. The summed E-state index contributed by atoms with van der Waals surface area (Å²) in [6.45, 7) is 3.91. The van der Waals surface area contributed by atoms with Gasteiger partial charge in [0.2, 0.25) is 0 Å². The minimum absolute atomic E-state index is 0.295. The van der Waals surface area contributed by atoms with Crippen LogP contribution in [0.2, 0.25) is 0 Å². The number of para-hydroxylation sites is 1. The summed E-state index contributed by atoms with van der Waals surface area (Å²) >= 11 is 0. The second kappa shape index (κ2) is 11.1. The molecule has 0 radical (unpaired) electrons. The average Bonchev–Trinajstić information content (AvgIpc) is 3.47. The van der Waals surface area contributed by atoms with Crippen LogP contribution >= 0.6 is 0 Å². The van der Waals surface area contributed by atoms with Gasteiger partial charge in [0.15, 0.2) is 34.5 Å². The number of halogens is 1. The second-order valence-electron chi connectivity index (χ2n) is 9.93. The number of alkyl halides is 1. The number of carbonyl (C=O) groups excluding carboxylic acids is 2. The van der Waals surface area contributed by atoms with Crippen LogP contribution in [0.25, 0.3) is 11.2 Å². The van der Waals surface area contributed by atoms with Crippen molar-refractivity contribution in [1.29, 1.82) is 0 Å². The highest BCUT2D eigenvalue weighted by Gasteiger charge is 2.66. The van der Waals surface area contributed by atoms with Gasteiger partial charge in [0.25, 0.3) is 0 Å². The van der Waals surface area contributed by atoms with Gasteiger partial charge in [-0.15, -0.1) is 0 Å². The van der Waals surface area contributed by atoms with Gasteiger partial charge < -0.3 is 24.3 Å². The van der Waals surface area contributed by atoms with Gasteiger partial charge in [-0.25, -0.2) is 24.1 Å². The Morgan fingerprint density at radius 2 is 1.80 bits per heavy atom. The van der Waals surface area contributed by atoms with Crippen molar-refractivity contribution in [3.8, 4) is 5.75 Å². The van der Waals surface area contributed by atoms with Crippen molar-refractivity contribution in [2.45, 2.75) is 50.9 Å². The van der Waals surface area contributed by atoms with Crippen molar-refractivity contribution in [3.63, 3.8) is 0 Å². The third-order valence-corrected chi connectivity index (χ3v) is 7.32. The number of carbonyl (C=O) groups is 2. The summed E-state index contributed by atoms with van der Waals surface area (Å²) in [7, 11) is 1.60. The van der Waals surface area contributed by atoms with E-state index in [1.165, 1.54) is 38.0 Å². The van der Waals surface area contributed by atoms with Crippen LogP contribution in [0.3, 0.4) is 0 Å². The Balaban J connectivity index is 1.43. The first-order valence-corrected chi connectivity index (χ1v) is 12.9. The molecule has 4 aromatic rings. The molecule has 0 aliphatic carbocycles. The van der Waals surface area contributed by atoms with E-state index < -0.39 is 35.5 Å². The molecule has 2 aromatic carbocycles. The number of aromatic nitrogens is 4. The number of imidazole rings is 1. The molecule has 0 saturated carbocycles. The van der Waals surface area contributed by atoms with E-state index in [2.05, 4.69) is 20.3 Å². The number of nitrogens with zero attached hydrogens (tertiary/aromatic N) is 4. The van der Waals surface area contributed by atoms with Crippen molar-refractivity contribution in [1.82, 2.24) is 19.5 Å². The number of hydrogen-bond acceptors (Lipinski definition) is 10. The summed E-state index contributed by atoms with van der Waals surface area (Å²) in [4.78, 5) is 37.8. The first-order valence-electron chi connectivity index (χ1n) is 12.9. The first kappa shape index (κ1) is 28.0. The fraction of sp³-hybridized carbons (Fsp3) is 0.345. The van der Waals surface area contributed by atoms with Gasteiger partial charge in [-0.1, -0.05) is 36.4 Å². The van der Waals surface area contributed by atoms with Crippen molar-refractivity contribution in [2.24, 2.45) is 0 Å². The van der Waals surface area contributed by atoms with Gasteiger partial charge in [0.1, 0.15) is 24.8 Å². The maximum atomic E-state index is 16.8. The van der Waals surface area contributed by atoms with Crippen molar-refractivity contribution < 1.29 is 32.9 Å². The van der Waals surface area contributed by atoms with Gasteiger partial charge in [-0.3, -0.25) is 9.36 Å². The molecule has 4 atom stereocenters. The lowest BCUT2D eigenvalue weighted by Gasteiger charge is -2.36. The summed E-state index contributed by atoms with van der Waals surface area (Å²) < 4.78 is 40.7. The third kappa shape index (κ3) is 5.18. The van der Waals surface area contributed by atoms with E-state index in [9.17, 15) is 9.59 Å². The molecular weight excluding hydrogens is 533 g/mol. The minimum atomic E-state index is -2.29. The lowest BCUT2D eigenvalue weighted by Crippen LogP contribution is -2.55. The van der Waals surface area contributed by atoms with Crippen molar-refractivity contribution in [2.75, 3.05) is 19.0 Å². The number of ether oxygens (including phenoxy) is 4. The van der Waals surface area contributed by atoms with Gasteiger partial charge in [0, 0.05) is 19.0 Å². The Morgan fingerprint density at radius 1 is 1.07 bits per heavy atom. The zero-order chi connectivity index (χ0) is 29.2. The van der Waals surface area contributed by atoms with Gasteiger partial charge in [0.05, 0.1) is 19.0 Å². The van der Waals surface area contributed by atoms with Crippen molar-refractivity contribution >= 4 is 28.9 Å². The number of nitrogens with one attached hydrogen (secondary N) is 1. The summed E-state index contributed by atoms with van der Waals surface area (Å²) in [6.07, 6.45) is 0.263. The van der Waals surface area contributed by atoms with Gasteiger partial charge in [-0.05, 0) is 32.0 Å². The van der Waals surface area contributed by atoms with E-state index in [1.54, 1.807) is 37.4 Å². The zero-order valence-electron chi connectivity index (χ0n) is 23.0. The van der Waals surface area contributed by atoms with Crippen LogP contribution in [-0.4, -0.2) is 62.5 Å². The largest absolute Gasteiger partial charge is 0.496 e. The Hall–Kier alpha value is -4.58. The predicted octanol–water partition coefficient (Wildman–Crippen LogP) is 4.25. The van der Waals surface area contributed by atoms with E-state index in [-0.39, 0.29) is 6.61 Å². The highest BCUT2D eigenvalue weighted by atomic mass is 19.1. The monoisotopic (exact) mass is 563 g/mol. The molecular formula is C29H30FN5O6. The molecule has 0 amide bonds. The zero-order valence-corrected chi connectivity index (χ0v) is 23.0. The van der Waals surface area contributed by atoms with Crippen LogP contribution < -0.4 is 10.1 Å². The number of esters is 2. The lowest BCUT2D eigenvalue weighted by atomic mass is 9.84. The molecule has 214 valence electrons. The lowest BCUT2D eigenvalue weighted by molar-refractivity contribution is -0.175. The van der Waals surface area contributed by atoms with E-state index in [4.69, 9.17) is 18.9 Å². The standard InChI is InChI=1S/C29H30FN5O6/c1-18(36)41-29(3)22(15-39-26(37)19-10-6-5-7-11-19)40-27(28(29,2)30)35-17-34-23-24(32-16-33-25(23)35)31-14-20-12-8-9-13-21(20)38-4/h5-13,16-17,22,27H,14-15H2,1-4H3,(H,31,32,33)/t22-,27-,28+,29+/m1/s1.